The van der Waals surface area contributed by atoms with Gasteiger partial charge in [0.05, 0.1) is 39.9 Å². The quantitative estimate of drug-likeness (QED) is 0.0509. The summed E-state index contributed by atoms with van der Waals surface area (Å²) in [6.07, 6.45) is 6.05. The van der Waals surface area contributed by atoms with E-state index in [0.717, 1.165) is 66.7 Å². The van der Waals surface area contributed by atoms with E-state index in [9.17, 15) is 9.59 Å². The third kappa shape index (κ3) is 13.0. The van der Waals surface area contributed by atoms with Crippen molar-refractivity contribution < 1.29 is 32.8 Å². The standard InChI is InChI=1S/C45H63N4O7P/c1-35(2)49(36(3)4)57(56-34-16-29-46)55-33-13-8-11-20-43(50)48-31-15-19-42(48)44(51)47-30-12-14-32-54-45(37-17-9-7-10-18-37,38-21-25-40(52-5)26-22-38)39-23-27-41(53-6)28-24-39/h7,9-10,17-18,21-28,35-36,42H,8,11-16,19-20,30-34H2,1-6H3,(H,47,51)/t42-,57?/m0/s1. The molecule has 4 rings (SSSR count). The van der Waals surface area contributed by atoms with Gasteiger partial charge in [-0.05, 0) is 107 Å². The monoisotopic (exact) mass is 802 g/mol. The van der Waals surface area contributed by atoms with Gasteiger partial charge >= 0.3 is 0 Å². The van der Waals surface area contributed by atoms with Crippen molar-refractivity contribution in [3.63, 3.8) is 0 Å². The molecule has 11 nitrogen and oxygen atoms in total. The Balaban J connectivity index is 1.26. The van der Waals surface area contributed by atoms with E-state index < -0.39 is 20.2 Å². The molecule has 0 aliphatic carbocycles. The van der Waals surface area contributed by atoms with Crippen molar-refractivity contribution in [1.82, 2.24) is 14.9 Å². The highest BCUT2D eigenvalue weighted by molar-refractivity contribution is 7.44. The fraction of sp³-hybridized carbons (Fsp3) is 0.533. The minimum absolute atomic E-state index is 0.0316. The summed E-state index contributed by atoms with van der Waals surface area (Å²) in [5, 5.41) is 12.0. The van der Waals surface area contributed by atoms with Crippen molar-refractivity contribution in [2.45, 2.75) is 109 Å². The third-order valence-electron chi connectivity index (χ3n) is 10.1. The molecule has 0 saturated carbocycles. The molecular formula is C45H63N4O7P. The summed E-state index contributed by atoms with van der Waals surface area (Å²) in [7, 11) is 2.04. The number of amides is 2. The predicted molar refractivity (Wildman–Crippen MR) is 225 cm³/mol. The Kier molecular flexibility index (Phi) is 19.2. The van der Waals surface area contributed by atoms with Crippen molar-refractivity contribution in [3.05, 3.63) is 95.6 Å². The minimum atomic E-state index is -1.27. The molecule has 1 fully saturated rings. The maximum absolute atomic E-state index is 13.3. The SMILES string of the molecule is COc1ccc(C(OCCCCNC(=O)[C@@H]2CCCN2C(=O)CCCCCOP(OCCC#N)N(C(C)C)C(C)C)(c2ccccc2)c2ccc(OC)cc2)cc1. The van der Waals surface area contributed by atoms with Gasteiger partial charge in [0, 0.05) is 38.2 Å². The van der Waals surface area contributed by atoms with Crippen molar-refractivity contribution in [3.8, 4) is 17.6 Å². The molecule has 1 heterocycles. The highest BCUT2D eigenvalue weighted by Gasteiger charge is 2.38. The Bertz CT molecular complexity index is 1610. The number of methoxy groups -OCH3 is 2. The molecule has 1 aliphatic heterocycles. The van der Waals surface area contributed by atoms with E-state index in [1.165, 1.54) is 0 Å². The zero-order valence-electron chi connectivity index (χ0n) is 34.8. The zero-order valence-corrected chi connectivity index (χ0v) is 35.7. The van der Waals surface area contributed by atoms with Crippen LogP contribution in [0.25, 0.3) is 0 Å². The van der Waals surface area contributed by atoms with Crippen LogP contribution in [0.3, 0.4) is 0 Å². The molecule has 0 radical (unpaired) electrons. The molecule has 0 bridgehead atoms. The Morgan fingerprint density at radius 1 is 0.807 bits per heavy atom. The Morgan fingerprint density at radius 3 is 1.96 bits per heavy atom. The first-order valence-corrected chi connectivity index (χ1v) is 21.6. The second-order valence-electron chi connectivity index (χ2n) is 14.8. The summed E-state index contributed by atoms with van der Waals surface area (Å²) < 4.78 is 32.2. The second kappa shape index (κ2) is 24.0. The topological polar surface area (TPSA) is 123 Å². The second-order valence-corrected chi connectivity index (χ2v) is 16.2. The van der Waals surface area contributed by atoms with Gasteiger partial charge in [-0.3, -0.25) is 9.59 Å². The number of nitrogens with one attached hydrogen (secondary N) is 1. The molecule has 310 valence electrons. The Labute approximate surface area is 341 Å². The van der Waals surface area contributed by atoms with Crippen molar-refractivity contribution in [2.75, 3.05) is 47.1 Å². The van der Waals surface area contributed by atoms with E-state index in [4.69, 9.17) is 28.5 Å². The van der Waals surface area contributed by atoms with Crippen molar-refractivity contribution in [2.24, 2.45) is 0 Å². The summed E-state index contributed by atoms with van der Waals surface area (Å²) in [5.74, 6) is 1.47. The summed E-state index contributed by atoms with van der Waals surface area (Å²) >= 11 is 0. The first-order chi connectivity index (χ1) is 27.7. The van der Waals surface area contributed by atoms with Crippen molar-refractivity contribution in [1.29, 1.82) is 5.26 Å². The van der Waals surface area contributed by atoms with Crippen LogP contribution in [-0.2, 0) is 29.0 Å². The van der Waals surface area contributed by atoms with Crippen LogP contribution in [0.15, 0.2) is 78.9 Å². The number of ether oxygens (including phenoxy) is 3. The van der Waals surface area contributed by atoms with Gasteiger partial charge in [-0.1, -0.05) is 61.0 Å². The van der Waals surface area contributed by atoms with Crippen LogP contribution < -0.4 is 14.8 Å². The van der Waals surface area contributed by atoms with E-state index in [0.29, 0.717) is 52.2 Å². The van der Waals surface area contributed by atoms with Gasteiger partial charge in [0.15, 0.2) is 0 Å². The molecule has 2 amide bonds. The summed E-state index contributed by atoms with van der Waals surface area (Å²) in [6.45, 7) is 10.9. The lowest BCUT2D eigenvalue weighted by atomic mass is 9.80. The lowest BCUT2D eigenvalue weighted by Gasteiger charge is -2.36. The van der Waals surface area contributed by atoms with Gasteiger partial charge in [-0.25, -0.2) is 4.67 Å². The van der Waals surface area contributed by atoms with Crippen LogP contribution in [0.5, 0.6) is 11.5 Å². The maximum atomic E-state index is 13.3. The Morgan fingerprint density at radius 2 is 1.39 bits per heavy atom. The number of hydrogen-bond acceptors (Lipinski definition) is 9. The fourth-order valence-corrected chi connectivity index (χ4v) is 8.98. The number of benzene rings is 3. The van der Waals surface area contributed by atoms with Crippen LogP contribution in [0.1, 0.15) is 102 Å². The number of unbranched alkanes of at least 4 members (excludes halogenated alkanes) is 3. The predicted octanol–water partition coefficient (Wildman–Crippen LogP) is 8.75. The number of carbonyl (C=O) groups excluding carboxylic acids is 2. The van der Waals surface area contributed by atoms with Crippen LogP contribution in [0.4, 0.5) is 0 Å². The average Bonchev–Trinajstić information content (AvgIpc) is 3.73. The largest absolute Gasteiger partial charge is 0.497 e. The van der Waals surface area contributed by atoms with E-state index in [-0.39, 0.29) is 23.9 Å². The van der Waals surface area contributed by atoms with Gasteiger partial charge in [0.25, 0.3) is 8.53 Å². The molecule has 1 saturated heterocycles. The molecule has 12 heteroatoms. The number of hydrogen-bond donors (Lipinski definition) is 1. The van der Waals surface area contributed by atoms with Crippen LogP contribution in [0, 0.1) is 11.3 Å². The first-order valence-electron chi connectivity index (χ1n) is 20.4. The van der Waals surface area contributed by atoms with Crippen molar-refractivity contribution >= 4 is 20.3 Å². The third-order valence-corrected chi connectivity index (χ3v) is 12.2. The maximum Gasteiger partial charge on any atom is 0.259 e. The summed E-state index contributed by atoms with van der Waals surface area (Å²) in [4.78, 5) is 28.3. The number of nitrogens with zero attached hydrogens (tertiary/aromatic N) is 3. The Hall–Kier alpha value is -4.04. The molecule has 3 aromatic carbocycles. The summed E-state index contributed by atoms with van der Waals surface area (Å²) in [5.41, 5.74) is 2.05. The smallest absolute Gasteiger partial charge is 0.259 e. The van der Waals surface area contributed by atoms with Gasteiger partial charge in [0.2, 0.25) is 11.8 Å². The number of rotatable bonds is 25. The number of nitriles is 1. The summed E-state index contributed by atoms with van der Waals surface area (Å²) in [6, 6.07) is 28.4. The van der Waals surface area contributed by atoms with Gasteiger partial charge in [-0.2, -0.15) is 5.26 Å². The normalized spacial score (nSPS) is 14.9. The van der Waals surface area contributed by atoms with Gasteiger partial charge in [0.1, 0.15) is 23.1 Å². The van der Waals surface area contributed by atoms with E-state index in [1.807, 2.05) is 66.7 Å². The fourth-order valence-electron chi connectivity index (χ4n) is 7.35. The average molecular weight is 803 g/mol. The first kappa shape index (κ1) is 45.7. The van der Waals surface area contributed by atoms with Crippen LogP contribution in [-0.4, -0.2) is 86.6 Å². The highest BCUT2D eigenvalue weighted by atomic mass is 31.2. The molecule has 57 heavy (non-hydrogen) atoms. The molecule has 1 aliphatic rings. The van der Waals surface area contributed by atoms with Gasteiger partial charge in [-0.15, -0.1) is 0 Å². The van der Waals surface area contributed by atoms with E-state index in [2.05, 4.69) is 55.9 Å². The number of likely N-dealkylation sites (tertiary alicyclic amines) is 1. The lowest BCUT2D eigenvalue weighted by Crippen LogP contribution is -2.46. The lowest BCUT2D eigenvalue weighted by molar-refractivity contribution is -0.138. The minimum Gasteiger partial charge on any atom is -0.497 e. The molecule has 0 spiro atoms. The van der Waals surface area contributed by atoms with E-state index in [1.54, 1.807) is 19.1 Å². The zero-order chi connectivity index (χ0) is 41.0. The van der Waals surface area contributed by atoms with Gasteiger partial charge < -0.3 is 33.5 Å². The van der Waals surface area contributed by atoms with Crippen LogP contribution >= 0.6 is 8.53 Å². The molecule has 1 unspecified atom stereocenters. The molecule has 2 atom stereocenters. The number of carbonyl (C=O) groups is 2. The molecular weight excluding hydrogens is 739 g/mol. The molecule has 1 N–H and O–H groups in total. The van der Waals surface area contributed by atoms with E-state index >= 15 is 0 Å². The molecule has 3 aromatic rings. The highest BCUT2D eigenvalue weighted by Crippen LogP contribution is 2.46. The van der Waals surface area contributed by atoms with Crippen LogP contribution in [0.2, 0.25) is 0 Å². The molecule has 0 aromatic heterocycles.